The average molecular weight is 278 g/mol. The van der Waals surface area contributed by atoms with Crippen LogP contribution in [0.25, 0.3) is 0 Å². The number of piperidine rings is 1. The van der Waals surface area contributed by atoms with Crippen LogP contribution in [-0.2, 0) is 4.79 Å². The molecule has 1 fully saturated rings. The van der Waals surface area contributed by atoms with E-state index in [1.54, 1.807) is 0 Å². The maximum Gasteiger partial charge on any atom is 0.223 e. The SMILES string of the molecule is CCCN(CC)CCNC(=O)C1CCNCC1.Cl. The minimum atomic E-state index is 0. The van der Waals surface area contributed by atoms with Crippen molar-refractivity contribution in [2.45, 2.75) is 33.1 Å². The van der Waals surface area contributed by atoms with E-state index in [1.165, 1.54) is 6.42 Å². The summed E-state index contributed by atoms with van der Waals surface area (Å²) in [6, 6.07) is 0. The topological polar surface area (TPSA) is 44.4 Å². The van der Waals surface area contributed by atoms with Gasteiger partial charge < -0.3 is 15.5 Å². The van der Waals surface area contributed by atoms with Gasteiger partial charge in [-0.3, -0.25) is 4.79 Å². The molecule has 0 aromatic rings. The van der Waals surface area contributed by atoms with E-state index in [4.69, 9.17) is 0 Å². The molecule has 5 heteroatoms. The van der Waals surface area contributed by atoms with E-state index in [9.17, 15) is 4.79 Å². The number of nitrogens with one attached hydrogen (secondary N) is 2. The van der Waals surface area contributed by atoms with Gasteiger partial charge in [0.25, 0.3) is 0 Å². The van der Waals surface area contributed by atoms with Crippen LogP contribution >= 0.6 is 12.4 Å². The van der Waals surface area contributed by atoms with Gasteiger partial charge in [-0.15, -0.1) is 12.4 Å². The Balaban J connectivity index is 0.00000289. The van der Waals surface area contributed by atoms with Crippen molar-refractivity contribution < 1.29 is 4.79 Å². The third-order valence-electron chi connectivity index (χ3n) is 3.42. The number of rotatable bonds is 7. The van der Waals surface area contributed by atoms with Crippen LogP contribution in [0, 0.1) is 5.92 Å². The van der Waals surface area contributed by atoms with Gasteiger partial charge in [0.2, 0.25) is 5.91 Å². The predicted molar refractivity (Wildman–Crippen MR) is 78.3 cm³/mol. The summed E-state index contributed by atoms with van der Waals surface area (Å²) >= 11 is 0. The molecule has 0 bridgehead atoms. The van der Waals surface area contributed by atoms with Crippen LogP contribution in [0.3, 0.4) is 0 Å². The van der Waals surface area contributed by atoms with Crippen LogP contribution in [-0.4, -0.2) is 50.1 Å². The largest absolute Gasteiger partial charge is 0.355 e. The van der Waals surface area contributed by atoms with E-state index in [2.05, 4.69) is 29.4 Å². The van der Waals surface area contributed by atoms with Crippen LogP contribution in [0.15, 0.2) is 0 Å². The van der Waals surface area contributed by atoms with Crippen LogP contribution in [0.2, 0.25) is 0 Å². The summed E-state index contributed by atoms with van der Waals surface area (Å²) < 4.78 is 0. The lowest BCUT2D eigenvalue weighted by atomic mass is 9.97. The maximum atomic E-state index is 11.9. The zero-order valence-corrected chi connectivity index (χ0v) is 12.5. The zero-order valence-electron chi connectivity index (χ0n) is 11.7. The van der Waals surface area contributed by atoms with Crippen molar-refractivity contribution in [2.24, 2.45) is 5.92 Å². The molecule has 0 radical (unpaired) electrons. The highest BCUT2D eigenvalue weighted by Crippen LogP contribution is 2.10. The van der Waals surface area contributed by atoms with E-state index in [-0.39, 0.29) is 24.2 Å². The molecule has 1 amide bonds. The maximum absolute atomic E-state index is 11.9. The number of carbonyl (C=O) groups is 1. The second-order valence-electron chi connectivity index (χ2n) is 4.75. The Hall–Kier alpha value is -0.320. The van der Waals surface area contributed by atoms with Gasteiger partial charge in [0.1, 0.15) is 0 Å². The van der Waals surface area contributed by atoms with Crippen molar-refractivity contribution in [2.75, 3.05) is 39.3 Å². The minimum Gasteiger partial charge on any atom is -0.355 e. The highest BCUT2D eigenvalue weighted by Gasteiger charge is 2.20. The first-order chi connectivity index (χ1) is 8.27. The van der Waals surface area contributed by atoms with Crippen molar-refractivity contribution in [1.82, 2.24) is 15.5 Å². The third-order valence-corrected chi connectivity index (χ3v) is 3.42. The number of nitrogens with zero attached hydrogens (tertiary/aromatic N) is 1. The molecule has 18 heavy (non-hydrogen) atoms. The van der Waals surface area contributed by atoms with Crippen LogP contribution < -0.4 is 10.6 Å². The van der Waals surface area contributed by atoms with Gasteiger partial charge >= 0.3 is 0 Å². The lowest BCUT2D eigenvalue weighted by Gasteiger charge is -2.23. The van der Waals surface area contributed by atoms with E-state index in [0.29, 0.717) is 0 Å². The van der Waals surface area contributed by atoms with Gasteiger partial charge in [0.05, 0.1) is 0 Å². The normalized spacial score (nSPS) is 16.4. The Labute approximate surface area is 117 Å². The molecule has 108 valence electrons. The number of halogens is 1. The highest BCUT2D eigenvalue weighted by molar-refractivity contribution is 5.85. The first-order valence-electron chi connectivity index (χ1n) is 6.98. The molecule has 1 aliphatic heterocycles. The zero-order chi connectivity index (χ0) is 12.5. The molecule has 1 heterocycles. The Morgan fingerprint density at radius 3 is 2.50 bits per heavy atom. The van der Waals surface area contributed by atoms with Crippen molar-refractivity contribution in [3.05, 3.63) is 0 Å². The van der Waals surface area contributed by atoms with Crippen LogP contribution in [0.4, 0.5) is 0 Å². The Bertz CT molecular complexity index is 220. The lowest BCUT2D eigenvalue weighted by molar-refractivity contribution is -0.125. The van der Waals surface area contributed by atoms with Gasteiger partial charge in [-0.25, -0.2) is 0 Å². The molecule has 0 aliphatic carbocycles. The number of likely N-dealkylation sites (N-methyl/N-ethyl adjacent to an activating group) is 1. The van der Waals surface area contributed by atoms with E-state index in [0.717, 1.165) is 52.1 Å². The smallest absolute Gasteiger partial charge is 0.223 e. The minimum absolute atomic E-state index is 0. The summed E-state index contributed by atoms with van der Waals surface area (Å²) in [4.78, 5) is 14.2. The molecular weight excluding hydrogens is 250 g/mol. The second kappa shape index (κ2) is 10.6. The first-order valence-corrected chi connectivity index (χ1v) is 6.98. The quantitative estimate of drug-likeness (QED) is 0.736. The fourth-order valence-corrected chi connectivity index (χ4v) is 2.31. The van der Waals surface area contributed by atoms with E-state index in [1.807, 2.05) is 0 Å². The van der Waals surface area contributed by atoms with Gasteiger partial charge in [0.15, 0.2) is 0 Å². The van der Waals surface area contributed by atoms with E-state index < -0.39 is 0 Å². The fraction of sp³-hybridized carbons (Fsp3) is 0.923. The van der Waals surface area contributed by atoms with Gasteiger partial charge in [-0.2, -0.15) is 0 Å². The molecule has 1 rings (SSSR count). The predicted octanol–water partition coefficient (Wildman–Crippen LogP) is 1.26. The monoisotopic (exact) mass is 277 g/mol. The molecule has 2 N–H and O–H groups in total. The average Bonchev–Trinajstić information content (AvgIpc) is 2.38. The standard InChI is InChI=1S/C13H27N3O.ClH/c1-3-10-16(4-2)11-9-15-13(17)12-5-7-14-8-6-12;/h12,14H,3-11H2,1-2H3,(H,15,17);1H. The molecule has 0 aromatic carbocycles. The first kappa shape index (κ1) is 17.7. The lowest BCUT2D eigenvalue weighted by Crippen LogP contribution is -2.41. The molecule has 0 spiro atoms. The van der Waals surface area contributed by atoms with Crippen molar-refractivity contribution in [3.63, 3.8) is 0 Å². The molecule has 0 saturated carbocycles. The summed E-state index contributed by atoms with van der Waals surface area (Å²) in [5.41, 5.74) is 0. The summed E-state index contributed by atoms with van der Waals surface area (Å²) in [6.07, 6.45) is 3.15. The fourth-order valence-electron chi connectivity index (χ4n) is 2.31. The summed E-state index contributed by atoms with van der Waals surface area (Å²) in [7, 11) is 0. The Morgan fingerprint density at radius 1 is 1.28 bits per heavy atom. The van der Waals surface area contributed by atoms with Gasteiger partial charge in [0, 0.05) is 19.0 Å². The van der Waals surface area contributed by atoms with Crippen LogP contribution in [0.1, 0.15) is 33.1 Å². The number of hydrogen-bond donors (Lipinski definition) is 2. The summed E-state index contributed by atoms with van der Waals surface area (Å²) in [5.74, 6) is 0.483. The third kappa shape index (κ3) is 6.57. The number of amides is 1. The Morgan fingerprint density at radius 2 is 1.94 bits per heavy atom. The Kier molecular flexibility index (Phi) is 10.4. The van der Waals surface area contributed by atoms with Gasteiger partial charge in [-0.05, 0) is 45.4 Å². The van der Waals surface area contributed by atoms with Crippen molar-refractivity contribution >= 4 is 18.3 Å². The molecule has 1 saturated heterocycles. The molecule has 0 unspecified atom stereocenters. The summed E-state index contributed by atoms with van der Waals surface area (Å²) in [6.45, 7) is 10.3. The van der Waals surface area contributed by atoms with Gasteiger partial charge in [-0.1, -0.05) is 13.8 Å². The van der Waals surface area contributed by atoms with Crippen LogP contribution in [0.5, 0.6) is 0 Å². The number of carbonyl (C=O) groups excluding carboxylic acids is 1. The summed E-state index contributed by atoms with van der Waals surface area (Å²) in [5, 5.41) is 6.35. The van der Waals surface area contributed by atoms with Crippen molar-refractivity contribution in [3.8, 4) is 0 Å². The molecule has 0 aromatic heterocycles. The molecule has 4 nitrogen and oxygen atoms in total. The highest BCUT2D eigenvalue weighted by atomic mass is 35.5. The van der Waals surface area contributed by atoms with Crippen molar-refractivity contribution in [1.29, 1.82) is 0 Å². The molecule has 0 atom stereocenters. The second-order valence-corrected chi connectivity index (χ2v) is 4.75. The molecular formula is C13H28ClN3O. The van der Waals surface area contributed by atoms with E-state index >= 15 is 0 Å². The number of hydrogen-bond acceptors (Lipinski definition) is 3. The molecule has 1 aliphatic rings.